The summed E-state index contributed by atoms with van der Waals surface area (Å²) >= 11 is 1.17. The molecule has 1 nitrogen and oxygen atoms in total. The van der Waals surface area contributed by atoms with Gasteiger partial charge in [-0.2, -0.15) is 0 Å². The van der Waals surface area contributed by atoms with Gasteiger partial charge in [-0.25, -0.2) is 0 Å². The molecular formula is C9H6BrNZn. The van der Waals surface area contributed by atoms with Crippen molar-refractivity contribution >= 4 is 14.9 Å². The van der Waals surface area contributed by atoms with Crippen LogP contribution < -0.4 is 21.1 Å². The molecule has 0 aliphatic carbocycles. The van der Waals surface area contributed by atoms with Gasteiger partial charge in [0.1, 0.15) is 0 Å². The zero-order valence-electron chi connectivity index (χ0n) is 6.50. The second-order valence-corrected chi connectivity index (χ2v) is 4.12. The summed E-state index contributed by atoms with van der Waals surface area (Å²) in [5, 5.41) is 2.60. The van der Waals surface area contributed by atoms with Crippen LogP contribution in [0.5, 0.6) is 0 Å². The molecule has 0 aliphatic rings. The third-order valence-electron chi connectivity index (χ3n) is 1.75. The molecule has 12 heavy (non-hydrogen) atoms. The molecule has 1 aromatic heterocycles. The van der Waals surface area contributed by atoms with Gasteiger partial charge in [0, 0.05) is 0 Å². The summed E-state index contributed by atoms with van der Waals surface area (Å²) in [5.74, 6) is 0. The molecule has 1 aromatic carbocycles. The Hall–Kier alpha value is -0.267. The number of halogens is 1. The summed E-state index contributed by atoms with van der Waals surface area (Å²) in [5.41, 5.74) is 0. The molecule has 0 saturated carbocycles. The van der Waals surface area contributed by atoms with E-state index in [-0.39, 0.29) is 17.0 Å². The molecule has 56 valence electrons. The number of hydrogen-bond donors (Lipinski definition) is 0. The zero-order chi connectivity index (χ0) is 7.68. The van der Waals surface area contributed by atoms with Crippen molar-refractivity contribution in [3.05, 3.63) is 36.7 Å². The van der Waals surface area contributed by atoms with E-state index in [1.165, 1.54) is 33.2 Å². The summed E-state index contributed by atoms with van der Waals surface area (Å²) in [6, 6.07) is 8.36. The van der Waals surface area contributed by atoms with Crippen LogP contribution in [0.2, 0.25) is 0 Å². The summed E-state index contributed by atoms with van der Waals surface area (Å²) in [6.45, 7) is 0. The topological polar surface area (TPSA) is 12.9 Å². The maximum absolute atomic E-state index is 4.14. The van der Waals surface area contributed by atoms with E-state index in [1.807, 2.05) is 18.5 Å². The van der Waals surface area contributed by atoms with Crippen molar-refractivity contribution in [2.45, 2.75) is 0 Å². The third-order valence-corrected chi connectivity index (χ3v) is 2.93. The fraction of sp³-hybridized carbons (Fsp3) is 0. The van der Waals surface area contributed by atoms with Crippen molar-refractivity contribution in [1.82, 2.24) is 4.98 Å². The van der Waals surface area contributed by atoms with Gasteiger partial charge in [0.05, 0.1) is 0 Å². The first kappa shape index (κ1) is 9.82. The summed E-state index contributed by atoms with van der Waals surface area (Å²) < 4.78 is 1.36. The predicted octanol–water partition coefficient (Wildman–Crippen LogP) is -1.59. The fourth-order valence-corrected chi connectivity index (χ4v) is 2.08. The fourth-order valence-electron chi connectivity index (χ4n) is 1.18. The van der Waals surface area contributed by atoms with Crippen molar-refractivity contribution in [3.8, 4) is 0 Å². The average molecular weight is 273 g/mol. The van der Waals surface area contributed by atoms with E-state index < -0.39 is 0 Å². The number of pyridine rings is 1. The molecule has 0 amide bonds. The normalized spacial score (nSPS) is 9.50. The number of fused-ring (bicyclic) bond motifs is 1. The monoisotopic (exact) mass is 271 g/mol. The van der Waals surface area contributed by atoms with Gasteiger partial charge in [-0.05, 0) is 0 Å². The Morgan fingerprint density at radius 3 is 2.58 bits per heavy atom. The minimum absolute atomic E-state index is 0. The van der Waals surface area contributed by atoms with Crippen LogP contribution in [0, 0.1) is 0 Å². The summed E-state index contributed by atoms with van der Waals surface area (Å²) in [7, 11) is 0. The number of aromatic nitrogens is 1. The first-order valence-corrected chi connectivity index (χ1v) is 5.01. The van der Waals surface area contributed by atoms with Crippen LogP contribution in [0.3, 0.4) is 0 Å². The van der Waals surface area contributed by atoms with Gasteiger partial charge in [-0.1, -0.05) is 0 Å². The zero-order valence-corrected chi connectivity index (χ0v) is 11.0. The van der Waals surface area contributed by atoms with E-state index in [0.29, 0.717) is 0 Å². The van der Waals surface area contributed by atoms with E-state index >= 15 is 0 Å². The van der Waals surface area contributed by atoms with Gasteiger partial charge in [0.2, 0.25) is 0 Å². The second kappa shape index (κ2) is 4.11. The molecule has 0 saturated heterocycles. The molecule has 0 bridgehead atoms. The Kier molecular flexibility index (Phi) is 3.36. The standard InChI is InChI=1S/C9H6N.BrH.Zn/c1-2-4-9-7-10-6-5-8(9)3-1;;/h1-4,6-7H;1H;/q;;+1/p-1. The van der Waals surface area contributed by atoms with E-state index in [2.05, 4.69) is 23.2 Å². The Morgan fingerprint density at radius 2 is 1.83 bits per heavy atom. The van der Waals surface area contributed by atoms with Crippen LogP contribution in [0.25, 0.3) is 10.8 Å². The number of hydrogen-bond acceptors (Lipinski definition) is 1. The molecule has 2 aromatic rings. The van der Waals surface area contributed by atoms with Gasteiger partial charge in [-0.15, -0.1) is 0 Å². The van der Waals surface area contributed by atoms with Crippen molar-refractivity contribution in [3.63, 3.8) is 0 Å². The summed E-state index contributed by atoms with van der Waals surface area (Å²) in [4.78, 5) is 4.14. The quantitative estimate of drug-likeness (QED) is 0.528. The van der Waals surface area contributed by atoms with Gasteiger partial charge in [-0.3, -0.25) is 0 Å². The molecule has 3 heteroatoms. The van der Waals surface area contributed by atoms with Crippen LogP contribution in [0.1, 0.15) is 0 Å². The van der Waals surface area contributed by atoms with Crippen LogP contribution in [-0.2, 0) is 18.3 Å². The minimum atomic E-state index is 0. The molecule has 0 radical (unpaired) electrons. The van der Waals surface area contributed by atoms with Crippen LogP contribution in [0.15, 0.2) is 36.7 Å². The van der Waals surface area contributed by atoms with Gasteiger partial charge < -0.3 is 17.0 Å². The van der Waals surface area contributed by atoms with Gasteiger partial charge >= 0.3 is 74.9 Å². The molecule has 0 spiro atoms. The number of rotatable bonds is 0. The SMILES string of the molecule is [Br-].[Zn+][c]1cncc2ccccc12. The van der Waals surface area contributed by atoms with E-state index in [1.54, 1.807) is 0 Å². The molecule has 0 aliphatic heterocycles. The Balaban J connectivity index is 0.000000720. The summed E-state index contributed by atoms with van der Waals surface area (Å²) in [6.07, 6.45) is 3.86. The van der Waals surface area contributed by atoms with E-state index in [4.69, 9.17) is 0 Å². The molecule has 2 rings (SSSR count). The van der Waals surface area contributed by atoms with Crippen molar-refractivity contribution in [1.29, 1.82) is 0 Å². The van der Waals surface area contributed by atoms with E-state index in [9.17, 15) is 0 Å². The van der Waals surface area contributed by atoms with Gasteiger partial charge in [0.25, 0.3) is 0 Å². The Bertz CT molecular complexity index is 384. The first-order valence-electron chi connectivity index (χ1n) is 3.52. The maximum atomic E-state index is 4.14. The molecule has 0 atom stereocenters. The Labute approximate surface area is 91.6 Å². The van der Waals surface area contributed by atoms with Crippen molar-refractivity contribution in [2.75, 3.05) is 0 Å². The van der Waals surface area contributed by atoms with Crippen molar-refractivity contribution < 1.29 is 35.3 Å². The van der Waals surface area contributed by atoms with Gasteiger partial charge in [0.15, 0.2) is 0 Å². The molecule has 0 unspecified atom stereocenters. The molecule has 1 heterocycles. The van der Waals surface area contributed by atoms with E-state index in [0.717, 1.165) is 0 Å². The molecule has 0 N–H and O–H groups in total. The van der Waals surface area contributed by atoms with Crippen LogP contribution in [-0.4, -0.2) is 4.98 Å². The predicted molar refractivity (Wildman–Crippen MR) is 41.4 cm³/mol. The number of benzene rings is 1. The molecule has 0 fully saturated rings. The van der Waals surface area contributed by atoms with Crippen LogP contribution >= 0.6 is 0 Å². The molecular weight excluding hydrogens is 267 g/mol. The van der Waals surface area contributed by atoms with Crippen molar-refractivity contribution in [2.24, 2.45) is 0 Å². The third kappa shape index (κ3) is 1.73. The number of nitrogens with zero attached hydrogens (tertiary/aromatic N) is 1. The Morgan fingerprint density at radius 1 is 1.08 bits per heavy atom. The average Bonchev–Trinajstić information content (AvgIpc) is 2.06. The first-order chi connectivity index (χ1) is 5.38. The van der Waals surface area contributed by atoms with Crippen LogP contribution in [0.4, 0.5) is 0 Å². The second-order valence-electron chi connectivity index (χ2n) is 2.52.